The van der Waals surface area contributed by atoms with E-state index in [-0.39, 0.29) is 26.3 Å². The zero-order valence-corrected chi connectivity index (χ0v) is 23.9. The number of nitrogens with zero attached hydrogens (tertiary/aromatic N) is 2. The summed E-state index contributed by atoms with van der Waals surface area (Å²) in [6, 6.07) is 28.6. The molecule has 220 valence electrons. The molecule has 4 aromatic rings. The smallest absolute Gasteiger partial charge is 0.261 e. The number of hydrogen-bond donors (Lipinski definition) is 0. The van der Waals surface area contributed by atoms with Crippen molar-refractivity contribution in [3.05, 3.63) is 142 Å². The van der Waals surface area contributed by atoms with Gasteiger partial charge in [0.05, 0.1) is 48.6 Å². The van der Waals surface area contributed by atoms with Gasteiger partial charge in [-0.05, 0) is 31.2 Å². The highest BCUT2D eigenvalue weighted by Gasteiger charge is 2.45. The Labute approximate surface area is 253 Å². The monoisotopic (exact) mass is 588 g/mol. The predicted octanol–water partition coefficient (Wildman–Crippen LogP) is 4.66. The van der Waals surface area contributed by atoms with E-state index in [1.807, 2.05) is 19.1 Å². The normalized spacial score (nSPS) is 14.3. The summed E-state index contributed by atoms with van der Waals surface area (Å²) in [5, 5.41) is 0. The van der Waals surface area contributed by atoms with Crippen molar-refractivity contribution >= 4 is 29.4 Å². The molecule has 2 aliphatic heterocycles. The third-order valence-corrected chi connectivity index (χ3v) is 7.76. The first-order valence-corrected chi connectivity index (χ1v) is 14.2. The average molecular weight is 589 g/mol. The molecule has 9 nitrogen and oxygen atoms in total. The van der Waals surface area contributed by atoms with Gasteiger partial charge in [0, 0.05) is 11.1 Å². The number of benzene rings is 4. The van der Waals surface area contributed by atoms with E-state index < -0.39 is 35.2 Å². The molecule has 0 fully saturated rings. The summed E-state index contributed by atoms with van der Waals surface area (Å²) in [6.07, 6.45) is 0. The van der Waals surface area contributed by atoms with Crippen LogP contribution in [0.5, 0.6) is 0 Å². The molecule has 9 heteroatoms. The van der Waals surface area contributed by atoms with Gasteiger partial charge in [-0.25, -0.2) is 0 Å². The first-order valence-electron chi connectivity index (χ1n) is 14.2. The van der Waals surface area contributed by atoms with Gasteiger partial charge in [0.1, 0.15) is 0 Å². The maximum absolute atomic E-state index is 14.3. The van der Waals surface area contributed by atoms with E-state index in [0.717, 1.165) is 15.4 Å². The molecule has 0 bridgehead atoms. The Morgan fingerprint density at radius 2 is 0.955 bits per heavy atom. The summed E-state index contributed by atoms with van der Waals surface area (Å²) in [5.74, 6) is -4.34. The van der Waals surface area contributed by atoms with Gasteiger partial charge in [0.2, 0.25) is 5.78 Å². The number of fused-ring (bicyclic) bond motifs is 2. The lowest BCUT2D eigenvalue weighted by molar-refractivity contribution is -0.210. The summed E-state index contributed by atoms with van der Waals surface area (Å²) in [6.45, 7) is 1.17. The zero-order chi connectivity index (χ0) is 30.8. The minimum Gasteiger partial charge on any atom is -0.338 e. The van der Waals surface area contributed by atoms with E-state index in [4.69, 9.17) is 9.47 Å². The minimum atomic E-state index is -2.02. The average Bonchev–Trinajstić information content (AvgIpc) is 3.45. The summed E-state index contributed by atoms with van der Waals surface area (Å²) < 4.78 is 12.6. The number of aryl methyl sites for hydroxylation is 1. The Kier molecular flexibility index (Phi) is 7.73. The van der Waals surface area contributed by atoms with Crippen molar-refractivity contribution < 1.29 is 33.4 Å². The van der Waals surface area contributed by atoms with Crippen molar-refractivity contribution in [3.8, 4) is 0 Å². The zero-order valence-electron chi connectivity index (χ0n) is 23.9. The van der Waals surface area contributed by atoms with Crippen molar-refractivity contribution in [3.63, 3.8) is 0 Å². The second-order valence-electron chi connectivity index (χ2n) is 10.5. The quantitative estimate of drug-likeness (QED) is 0.142. The van der Waals surface area contributed by atoms with Crippen LogP contribution in [0.25, 0.3) is 0 Å². The highest BCUT2D eigenvalue weighted by atomic mass is 16.7. The van der Waals surface area contributed by atoms with E-state index in [1.54, 1.807) is 91.0 Å². The number of carbonyl (C=O) groups excluding carboxylic acids is 5. The topological polar surface area (TPSA) is 110 Å². The summed E-state index contributed by atoms with van der Waals surface area (Å²) in [5.41, 5.74) is 2.84. The molecule has 0 atom stereocenters. The third-order valence-electron chi connectivity index (χ3n) is 7.76. The number of Topliss-reactive ketones (excluding diaryl/α,β-unsaturated/α-hetero) is 1. The molecule has 0 saturated carbocycles. The molecule has 0 radical (unpaired) electrons. The molecular weight excluding hydrogens is 560 g/mol. The van der Waals surface area contributed by atoms with E-state index in [2.05, 4.69) is 0 Å². The largest absolute Gasteiger partial charge is 0.338 e. The summed E-state index contributed by atoms with van der Waals surface area (Å²) in [7, 11) is 0. The summed E-state index contributed by atoms with van der Waals surface area (Å²) in [4.78, 5) is 68.4. The number of rotatable bonds is 11. The van der Waals surface area contributed by atoms with Crippen molar-refractivity contribution in [2.24, 2.45) is 0 Å². The van der Waals surface area contributed by atoms with Gasteiger partial charge in [-0.3, -0.25) is 33.8 Å². The van der Waals surface area contributed by atoms with E-state index in [9.17, 15) is 24.0 Å². The predicted molar refractivity (Wildman–Crippen MR) is 159 cm³/mol. The fourth-order valence-corrected chi connectivity index (χ4v) is 5.47. The molecule has 6 rings (SSSR count). The van der Waals surface area contributed by atoms with Gasteiger partial charge in [0.15, 0.2) is 0 Å². The van der Waals surface area contributed by atoms with Crippen molar-refractivity contribution in [1.82, 2.24) is 9.80 Å². The number of carbonyl (C=O) groups is 5. The molecule has 0 aliphatic carbocycles. The van der Waals surface area contributed by atoms with Crippen molar-refractivity contribution in [1.29, 1.82) is 0 Å². The number of imide groups is 2. The molecule has 0 saturated heterocycles. The molecule has 4 aromatic carbocycles. The Morgan fingerprint density at radius 1 is 0.568 bits per heavy atom. The van der Waals surface area contributed by atoms with Crippen molar-refractivity contribution in [2.45, 2.75) is 12.7 Å². The van der Waals surface area contributed by atoms with Crippen LogP contribution < -0.4 is 0 Å². The molecule has 0 aromatic heterocycles. The molecule has 0 spiro atoms. The lowest BCUT2D eigenvalue weighted by atomic mass is 9.95. The second-order valence-corrected chi connectivity index (χ2v) is 10.5. The first-order chi connectivity index (χ1) is 21.3. The van der Waals surface area contributed by atoms with Crippen LogP contribution in [0.1, 0.15) is 62.9 Å². The maximum atomic E-state index is 14.3. The fraction of sp³-hybridized carbons (Fsp3) is 0.171. The second kappa shape index (κ2) is 11.8. The Hall–Kier alpha value is -5.25. The number of ketones is 1. The highest BCUT2D eigenvalue weighted by molar-refractivity contribution is 6.22. The summed E-state index contributed by atoms with van der Waals surface area (Å²) >= 11 is 0. The van der Waals surface area contributed by atoms with Crippen LogP contribution in [0.15, 0.2) is 103 Å². The number of hydrogen-bond acceptors (Lipinski definition) is 7. The van der Waals surface area contributed by atoms with Crippen LogP contribution in [0.4, 0.5) is 0 Å². The van der Waals surface area contributed by atoms with Gasteiger partial charge in [0.25, 0.3) is 29.4 Å². The number of ether oxygens (including phenoxy) is 2. The molecule has 2 aliphatic rings. The van der Waals surface area contributed by atoms with Crippen molar-refractivity contribution in [2.75, 3.05) is 26.3 Å². The first kappa shape index (κ1) is 28.9. The molecule has 0 unspecified atom stereocenters. The molecule has 0 N–H and O–H groups in total. The van der Waals surface area contributed by atoms with Gasteiger partial charge < -0.3 is 9.47 Å². The van der Waals surface area contributed by atoms with E-state index in [1.165, 1.54) is 0 Å². The van der Waals surface area contributed by atoms with Gasteiger partial charge in [-0.15, -0.1) is 0 Å². The van der Waals surface area contributed by atoms with Crippen LogP contribution >= 0.6 is 0 Å². The van der Waals surface area contributed by atoms with E-state index in [0.29, 0.717) is 33.4 Å². The van der Waals surface area contributed by atoms with Gasteiger partial charge in [-0.1, -0.05) is 84.4 Å². The van der Waals surface area contributed by atoms with Crippen LogP contribution in [0.2, 0.25) is 0 Å². The van der Waals surface area contributed by atoms with Gasteiger partial charge >= 0.3 is 0 Å². The fourth-order valence-electron chi connectivity index (χ4n) is 5.47. The Bertz CT molecular complexity index is 1630. The van der Waals surface area contributed by atoms with Crippen LogP contribution in [-0.4, -0.2) is 65.5 Å². The maximum Gasteiger partial charge on any atom is 0.261 e. The molecular formula is C35H28N2O7. The Morgan fingerprint density at radius 3 is 1.36 bits per heavy atom. The lowest BCUT2D eigenvalue weighted by Gasteiger charge is -2.34. The highest BCUT2D eigenvalue weighted by Crippen LogP contribution is 2.33. The number of amides is 4. The third kappa shape index (κ3) is 5.02. The lowest BCUT2D eigenvalue weighted by Crippen LogP contribution is -2.46. The molecule has 44 heavy (non-hydrogen) atoms. The van der Waals surface area contributed by atoms with Gasteiger partial charge in [-0.2, -0.15) is 0 Å². The van der Waals surface area contributed by atoms with Crippen LogP contribution in [0.3, 0.4) is 0 Å². The van der Waals surface area contributed by atoms with E-state index >= 15 is 0 Å². The molecule has 2 heterocycles. The van der Waals surface area contributed by atoms with Crippen LogP contribution in [-0.2, 0) is 15.3 Å². The Balaban J connectivity index is 1.29. The standard InChI is InChI=1S/C35H28N2O7/c1-23-15-17-25(18-16-23)35(30(38)24-9-3-2-4-10-24,43-21-19-36-31(39)26-11-5-6-12-27(26)32(36)40)44-22-20-37-33(41)28-13-7-8-14-29(28)34(37)42/h2-18H,19-22H2,1H3. The molecule has 4 amide bonds. The van der Waals surface area contributed by atoms with Crippen LogP contribution in [0, 0.1) is 6.92 Å². The SMILES string of the molecule is Cc1ccc(C(OCCN2C(=O)c3ccccc3C2=O)(OCCN2C(=O)c3ccccc3C2=O)C(=O)c2ccccc2)cc1. The minimum absolute atomic E-state index is 0.135.